The van der Waals surface area contributed by atoms with Gasteiger partial charge in [0.1, 0.15) is 0 Å². The summed E-state index contributed by atoms with van der Waals surface area (Å²) in [4.78, 5) is 5.24. The molecule has 0 amide bonds. The van der Waals surface area contributed by atoms with E-state index < -0.39 is 0 Å². The third kappa shape index (κ3) is 3.25. The van der Waals surface area contributed by atoms with Crippen LogP contribution in [0.3, 0.4) is 0 Å². The molecule has 18 heavy (non-hydrogen) atoms. The fourth-order valence-corrected chi connectivity index (χ4v) is 3.28. The largest absolute Gasteiger partial charge is 0.393 e. The maximum absolute atomic E-state index is 10.2. The van der Waals surface area contributed by atoms with Gasteiger partial charge in [0.05, 0.1) is 6.10 Å². The van der Waals surface area contributed by atoms with Gasteiger partial charge in [-0.1, -0.05) is 20.8 Å². The predicted molar refractivity (Wildman–Crippen MR) is 75.7 cm³/mol. The molecule has 3 heteroatoms. The minimum atomic E-state index is -0.189. The molecule has 0 aromatic rings. The summed E-state index contributed by atoms with van der Waals surface area (Å²) in [5.41, 5.74) is 0.0123. The molecule has 0 bridgehead atoms. The monoisotopic (exact) mass is 254 g/mol. The molecule has 106 valence electrons. The van der Waals surface area contributed by atoms with Crippen LogP contribution in [0.2, 0.25) is 0 Å². The lowest BCUT2D eigenvalue weighted by Gasteiger charge is -2.43. The van der Waals surface area contributed by atoms with E-state index in [0.717, 1.165) is 19.0 Å². The Kier molecular flexibility index (Phi) is 4.35. The van der Waals surface area contributed by atoms with Gasteiger partial charge in [-0.25, -0.2) is 0 Å². The van der Waals surface area contributed by atoms with Gasteiger partial charge < -0.3 is 5.11 Å². The summed E-state index contributed by atoms with van der Waals surface area (Å²) < 4.78 is 0. The predicted octanol–water partition coefficient (Wildman–Crippen LogP) is 1.95. The first-order valence-electron chi connectivity index (χ1n) is 7.54. The molecular weight excluding hydrogens is 224 g/mol. The van der Waals surface area contributed by atoms with Crippen molar-refractivity contribution in [3.63, 3.8) is 0 Å². The Morgan fingerprint density at radius 1 is 1.28 bits per heavy atom. The first kappa shape index (κ1) is 14.3. The van der Waals surface area contributed by atoms with Gasteiger partial charge >= 0.3 is 0 Å². The van der Waals surface area contributed by atoms with E-state index in [1.807, 2.05) is 0 Å². The summed E-state index contributed by atoms with van der Waals surface area (Å²) in [6, 6.07) is 1.43. The van der Waals surface area contributed by atoms with E-state index in [1.54, 1.807) is 0 Å². The third-order valence-corrected chi connectivity index (χ3v) is 4.76. The van der Waals surface area contributed by atoms with Crippen molar-refractivity contribution >= 4 is 0 Å². The third-order valence-electron chi connectivity index (χ3n) is 4.76. The molecule has 0 spiro atoms. The van der Waals surface area contributed by atoms with Crippen LogP contribution >= 0.6 is 0 Å². The molecule has 2 saturated heterocycles. The number of aliphatic hydroxyl groups is 1. The zero-order valence-electron chi connectivity index (χ0n) is 12.5. The molecule has 0 saturated carbocycles. The first-order chi connectivity index (χ1) is 8.38. The van der Waals surface area contributed by atoms with Gasteiger partial charge in [-0.05, 0) is 38.1 Å². The molecule has 3 nitrogen and oxygen atoms in total. The molecule has 0 aliphatic carbocycles. The number of aliphatic hydroxyl groups excluding tert-OH is 1. The zero-order chi connectivity index (χ0) is 13.3. The Morgan fingerprint density at radius 2 is 2.00 bits per heavy atom. The Labute approximate surface area is 112 Å². The molecule has 3 unspecified atom stereocenters. The van der Waals surface area contributed by atoms with Crippen LogP contribution in [-0.4, -0.2) is 59.3 Å². The molecule has 1 N–H and O–H groups in total. The summed E-state index contributed by atoms with van der Waals surface area (Å²) >= 11 is 0. The van der Waals surface area contributed by atoms with Crippen molar-refractivity contribution < 1.29 is 5.11 Å². The van der Waals surface area contributed by atoms with E-state index in [4.69, 9.17) is 0 Å². The van der Waals surface area contributed by atoms with Gasteiger partial charge in [0.2, 0.25) is 0 Å². The molecular formula is C15H30N2O. The van der Waals surface area contributed by atoms with Gasteiger partial charge in [-0.3, -0.25) is 9.80 Å². The number of hydrogen-bond acceptors (Lipinski definition) is 3. The summed E-state index contributed by atoms with van der Waals surface area (Å²) in [5.74, 6) is 0. The van der Waals surface area contributed by atoms with Gasteiger partial charge in [0, 0.05) is 31.7 Å². The normalized spacial score (nSPS) is 32.5. The topological polar surface area (TPSA) is 26.7 Å². The second-order valence-electron chi connectivity index (χ2n) is 7.31. The van der Waals surface area contributed by atoms with E-state index in [-0.39, 0.29) is 11.5 Å². The van der Waals surface area contributed by atoms with E-state index in [1.165, 1.54) is 32.5 Å². The fourth-order valence-electron chi connectivity index (χ4n) is 3.28. The fraction of sp³-hybridized carbons (Fsp3) is 1.00. The SMILES string of the molecule is CC1CN2CCCC2CN1CCC(O)C(C)(C)C. The molecule has 0 aromatic heterocycles. The quantitative estimate of drug-likeness (QED) is 0.834. The average Bonchev–Trinajstić information content (AvgIpc) is 2.70. The van der Waals surface area contributed by atoms with Crippen molar-refractivity contribution in [3.8, 4) is 0 Å². The molecule has 3 atom stereocenters. The standard InChI is InChI=1S/C15H30N2O/c1-12-10-17-8-5-6-13(17)11-16(12)9-7-14(18)15(2,3)4/h12-14,18H,5-11H2,1-4H3. The van der Waals surface area contributed by atoms with Crippen molar-refractivity contribution in [3.05, 3.63) is 0 Å². The maximum Gasteiger partial charge on any atom is 0.0600 e. The van der Waals surface area contributed by atoms with E-state index in [9.17, 15) is 5.11 Å². The summed E-state index contributed by atoms with van der Waals surface area (Å²) in [5, 5.41) is 10.2. The average molecular weight is 254 g/mol. The van der Waals surface area contributed by atoms with Crippen LogP contribution in [-0.2, 0) is 0 Å². The minimum absolute atomic E-state index is 0.0123. The van der Waals surface area contributed by atoms with Crippen LogP contribution < -0.4 is 0 Å². The van der Waals surface area contributed by atoms with E-state index >= 15 is 0 Å². The van der Waals surface area contributed by atoms with Crippen LogP contribution in [0.25, 0.3) is 0 Å². The lowest BCUT2D eigenvalue weighted by atomic mass is 9.87. The summed E-state index contributed by atoms with van der Waals surface area (Å²) in [7, 11) is 0. The second kappa shape index (κ2) is 5.48. The van der Waals surface area contributed by atoms with Crippen molar-refractivity contribution in [1.29, 1.82) is 0 Å². The number of rotatable bonds is 3. The molecule has 0 aromatic carbocycles. The summed E-state index contributed by atoms with van der Waals surface area (Å²) in [6.07, 6.45) is 3.45. The van der Waals surface area contributed by atoms with Gasteiger partial charge in [0.25, 0.3) is 0 Å². The van der Waals surface area contributed by atoms with Crippen LogP contribution in [0.15, 0.2) is 0 Å². The van der Waals surface area contributed by atoms with Crippen molar-refractivity contribution in [2.75, 3.05) is 26.2 Å². The van der Waals surface area contributed by atoms with Crippen molar-refractivity contribution in [2.24, 2.45) is 5.41 Å². The van der Waals surface area contributed by atoms with Crippen molar-refractivity contribution in [1.82, 2.24) is 9.80 Å². The Hall–Kier alpha value is -0.120. The highest BCUT2D eigenvalue weighted by Crippen LogP contribution is 2.26. The highest BCUT2D eigenvalue weighted by Gasteiger charge is 2.34. The maximum atomic E-state index is 10.2. The second-order valence-corrected chi connectivity index (χ2v) is 7.31. The number of fused-ring (bicyclic) bond motifs is 1. The Bertz CT molecular complexity index is 274. The van der Waals surface area contributed by atoms with Crippen LogP contribution in [0.5, 0.6) is 0 Å². The molecule has 2 aliphatic heterocycles. The number of piperazine rings is 1. The molecule has 0 radical (unpaired) electrons. The highest BCUT2D eigenvalue weighted by atomic mass is 16.3. The molecule has 2 fully saturated rings. The van der Waals surface area contributed by atoms with Crippen LogP contribution in [0, 0.1) is 5.41 Å². The van der Waals surface area contributed by atoms with Gasteiger partial charge in [-0.15, -0.1) is 0 Å². The van der Waals surface area contributed by atoms with Crippen LogP contribution in [0.1, 0.15) is 47.0 Å². The van der Waals surface area contributed by atoms with E-state index in [0.29, 0.717) is 6.04 Å². The van der Waals surface area contributed by atoms with E-state index in [2.05, 4.69) is 37.5 Å². The lowest BCUT2D eigenvalue weighted by molar-refractivity contribution is 0.0179. The van der Waals surface area contributed by atoms with Gasteiger partial charge in [-0.2, -0.15) is 0 Å². The molecule has 2 heterocycles. The van der Waals surface area contributed by atoms with Crippen LogP contribution in [0.4, 0.5) is 0 Å². The Balaban J connectivity index is 1.82. The van der Waals surface area contributed by atoms with Gasteiger partial charge in [0.15, 0.2) is 0 Å². The highest BCUT2D eigenvalue weighted by molar-refractivity contribution is 4.91. The smallest absolute Gasteiger partial charge is 0.0600 e. The summed E-state index contributed by atoms with van der Waals surface area (Å²) in [6.45, 7) is 13.5. The Morgan fingerprint density at radius 3 is 2.67 bits per heavy atom. The lowest BCUT2D eigenvalue weighted by Crippen LogP contribution is -2.55. The zero-order valence-corrected chi connectivity index (χ0v) is 12.5. The molecule has 2 aliphatic rings. The number of hydrogen-bond donors (Lipinski definition) is 1. The first-order valence-corrected chi connectivity index (χ1v) is 7.54. The minimum Gasteiger partial charge on any atom is -0.393 e. The molecule has 2 rings (SSSR count). The number of nitrogens with zero attached hydrogens (tertiary/aromatic N) is 2. The van der Waals surface area contributed by atoms with Crippen molar-refractivity contribution in [2.45, 2.75) is 65.1 Å².